The number of nitrogens with one attached hydrogen (secondary N) is 3. The second kappa shape index (κ2) is 38.2. The lowest BCUT2D eigenvalue weighted by Gasteiger charge is -2.47. The number of ether oxygens (including phenoxy) is 2. The largest absolute Gasteiger partial charge is 0.397 e. The van der Waals surface area contributed by atoms with Gasteiger partial charge in [-0.3, -0.25) is 57.5 Å². The van der Waals surface area contributed by atoms with Crippen molar-refractivity contribution in [1.29, 1.82) is 0 Å². The van der Waals surface area contributed by atoms with Crippen molar-refractivity contribution in [1.82, 2.24) is 60.0 Å². The summed E-state index contributed by atoms with van der Waals surface area (Å²) in [6.07, 6.45) is -15.9. The molecular weight excluding hydrogens is 1460 g/mol. The van der Waals surface area contributed by atoms with Crippen LogP contribution in [0.4, 0.5) is 35.1 Å². The number of likely N-dealkylation sites (N-methyl/N-ethyl adjacent to an activating group) is 6. The number of alkyl halides is 8. The van der Waals surface area contributed by atoms with Gasteiger partial charge in [0.05, 0.1) is 44.7 Å². The molecule has 8 rings (SSSR count). The molecule has 110 heavy (non-hydrogen) atoms. The summed E-state index contributed by atoms with van der Waals surface area (Å²) >= 11 is 0. The zero-order chi connectivity index (χ0) is 81.2. The summed E-state index contributed by atoms with van der Waals surface area (Å²) in [4.78, 5) is 193. The van der Waals surface area contributed by atoms with E-state index in [0.717, 1.165) is 24.5 Å². The molecule has 0 aromatic rings. The van der Waals surface area contributed by atoms with E-state index in [0.29, 0.717) is 44.9 Å². The van der Waals surface area contributed by atoms with Crippen LogP contribution in [0.2, 0.25) is 0 Å². The summed E-state index contributed by atoms with van der Waals surface area (Å²) in [6, 6.07) is -11.4. The molecule has 622 valence electrons. The number of nitrogens with zero attached hydrogens (tertiary/aromatic N) is 9. The van der Waals surface area contributed by atoms with Gasteiger partial charge in [-0.15, -0.1) is 0 Å². The van der Waals surface area contributed by atoms with Gasteiger partial charge in [-0.1, -0.05) is 47.0 Å². The van der Waals surface area contributed by atoms with Gasteiger partial charge < -0.3 is 69.5 Å². The molecule has 26 nitrogen and oxygen atoms in total. The van der Waals surface area contributed by atoms with E-state index in [1.807, 2.05) is 13.8 Å². The summed E-state index contributed by atoms with van der Waals surface area (Å²) in [5.41, 5.74) is -1.72. The molecule has 12 amide bonds. The number of hydrogen-bond acceptors (Lipinski definition) is 14. The van der Waals surface area contributed by atoms with Gasteiger partial charge in [0.25, 0.3) is 0 Å². The third kappa shape index (κ3) is 21.1. The van der Waals surface area contributed by atoms with Crippen LogP contribution in [-0.2, 0) is 67.0 Å². The highest BCUT2D eigenvalue weighted by atomic mass is 19.4. The van der Waals surface area contributed by atoms with Crippen LogP contribution in [0.15, 0.2) is 0 Å². The fraction of sp³-hybridized carbons (Fsp3) is 0.842. The number of amides is 12. The topological polar surface area (TPSA) is 289 Å². The molecule has 0 aromatic heterocycles. The predicted molar refractivity (Wildman–Crippen MR) is 385 cm³/mol. The number of fused-ring (bicyclic) bond motifs is 3. The molecule has 2 bridgehead atoms. The normalized spacial score (nSPS) is 32.2. The average Bonchev–Trinajstić information content (AvgIpc) is 1.08. The first-order valence-corrected chi connectivity index (χ1v) is 39.7. The first-order valence-electron chi connectivity index (χ1n) is 39.7. The standard InChI is InChI=1S/C76H118F8N12O14/c1-12-45(5)62-71(106)89(7)43-60(99)90(8)53-21-16-17-31-95(70(53)105)56(40-46-22-25-49(26-23-46)75(79,80)81)68(103)88(6)42-58(97)85-52(27-24-47-38-50(77)61(51(78)39-47)76(82,83)84)67(102)96-32-28-57(110-13-2)64(96)66(101)87-74(29-18-30-74)73(108)93(11)63(48-19-14-15-20-48)72(107)92(10)55(69(104)94-33-35-109-36-34-94)41-59(98)91(9)54(37-44(3)4)65(100)86-62/h44-57,61-64H,12-43H2,1-11H3,(H,85,97)(H,86,100)(H,87,101)/t45-,46?,47?,49?,50?,51?,52-,53-,54-,55-,56-,57-,61?,62-,63-,64-/m0/s1. The Morgan fingerprint density at radius 3 is 1.78 bits per heavy atom. The van der Waals surface area contributed by atoms with Crippen molar-refractivity contribution in [2.45, 2.75) is 267 Å². The first-order chi connectivity index (χ1) is 51.7. The molecule has 4 aliphatic carbocycles. The minimum Gasteiger partial charge on any atom is -0.378 e. The molecule has 2 unspecified atom stereocenters. The Morgan fingerprint density at radius 2 is 1.21 bits per heavy atom. The van der Waals surface area contributed by atoms with Crippen LogP contribution < -0.4 is 16.0 Å². The fourth-order valence-electron chi connectivity index (χ4n) is 17.9. The van der Waals surface area contributed by atoms with Crippen molar-refractivity contribution < 1.29 is 102 Å². The highest BCUT2D eigenvalue weighted by molar-refractivity contribution is 6.01. The molecule has 4 saturated heterocycles. The van der Waals surface area contributed by atoms with Crippen LogP contribution in [0.5, 0.6) is 0 Å². The van der Waals surface area contributed by atoms with E-state index in [9.17, 15) is 45.5 Å². The summed E-state index contributed by atoms with van der Waals surface area (Å²) < 4.78 is 127. The highest BCUT2D eigenvalue weighted by Gasteiger charge is 2.57. The number of morpholine rings is 1. The second-order valence-electron chi connectivity index (χ2n) is 32.8. The zero-order valence-electron chi connectivity index (χ0n) is 65.8. The molecule has 4 heterocycles. The maximum absolute atomic E-state index is 15.7. The van der Waals surface area contributed by atoms with Gasteiger partial charge in [-0.05, 0) is 159 Å². The number of carbonyl (C=O) groups is 12. The number of hydrogen-bond donors (Lipinski definition) is 3. The van der Waals surface area contributed by atoms with Gasteiger partial charge >= 0.3 is 12.4 Å². The Kier molecular flexibility index (Phi) is 30.8. The molecular formula is C76H118F8N12O14. The van der Waals surface area contributed by atoms with Crippen LogP contribution in [0.25, 0.3) is 0 Å². The minimum absolute atomic E-state index is 0.00760. The fourth-order valence-corrected chi connectivity index (χ4v) is 17.9. The summed E-state index contributed by atoms with van der Waals surface area (Å²) in [5, 5.41) is 8.45. The molecule has 8 aliphatic rings. The first kappa shape index (κ1) is 88.6. The lowest BCUT2D eigenvalue weighted by Crippen LogP contribution is -2.69. The third-order valence-corrected chi connectivity index (χ3v) is 24.9. The van der Waals surface area contributed by atoms with Crippen LogP contribution in [-0.4, -0.2) is 301 Å². The predicted octanol–water partition coefficient (Wildman–Crippen LogP) is 5.96. The smallest absolute Gasteiger partial charge is 0.378 e. The molecule has 4 aliphatic heterocycles. The zero-order valence-corrected chi connectivity index (χ0v) is 65.8. The van der Waals surface area contributed by atoms with E-state index in [4.69, 9.17) is 9.47 Å². The van der Waals surface area contributed by atoms with Crippen molar-refractivity contribution in [3.05, 3.63) is 0 Å². The average molecular weight is 1580 g/mol. The van der Waals surface area contributed by atoms with E-state index in [2.05, 4.69) is 16.0 Å². The maximum atomic E-state index is 15.7. The molecule has 12 atom stereocenters. The van der Waals surface area contributed by atoms with Crippen molar-refractivity contribution in [2.75, 3.05) is 101 Å². The van der Waals surface area contributed by atoms with Gasteiger partial charge in [0.1, 0.15) is 72.1 Å². The van der Waals surface area contributed by atoms with E-state index < -0.39 is 230 Å². The highest BCUT2D eigenvalue weighted by Crippen LogP contribution is 2.46. The maximum Gasteiger partial charge on any atom is 0.397 e. The molecule has 34 heteroatoms. The molecule has 1 spiro atoms. The summed E-state index contributed by atoms with van der Waals surface area (Å²) in [5.74, 6) is -16.9. The number of carbonyl (C=O) groups excluding carboxylic acids is 12. The Hall–Kier alpha value is -7.00. The number of halogens is 8. The minimum atomic E-state index is -5.22. The molecule has 8 fully saturated rings. The lowest BCUT2D eigenvalue weighted by atomic mass is 9.74. The van der Waals surface area contributed by atoms with Crippen molar-refractivity contribution in [3.63, 3.8) is 0 Å². The van der Waals surface area contributed by atoms with E-state index in [-0.39, 0.29) is 129 Å². The van der Waals surface area contributed by atoms with Crippen LogP contribution in [0, 0.1) is 41.4 Å². The summed E-state index contributed by atoms with van der Waals surface area (Å²) in [7, 11) is 8.09. The lowest BCUT2D eigenvalue weighted by molar-refractivity contribution is -0.219. The van der Waals surface area contributed by atoms with Crippen molar-refractivity contribution in [2.24, 2.45) is 41.4 Å². The SMILES string of the molecule is CCO[C@H]1CCN2C(=O)[C@H](CCC3CC(F)C(C(F)(F)F)C(F)C3)NC(=O)CN(C)C(=O)[C@H](CC3CCC(C(F)(F)F)CC3)N3CCCC[C@@H](C3=O)N(C)C(=O)CN(C)C(=O)[C@H]([C@@H](C)CC)NC(=O)[C@H](CC(C)C)N(C)C(=O)C[C@@H](C(=O)N3CCOCC3)N(C)C(=O)[C@H](C3CCCC3)N(C)C(=O)C3(CCC3)NC(=O)[C@H]12. The second-order valence-corrected chi connectivity index (χ2v) is 32.8. The van der Waals surface area contributed by atoms with Crippen LogP contribution in [0.1, 0.15) is 182 Å². The molecule has 0 aromatic carbocycles. The van der Waals surface area contributed by atoms with Crippen LogP contribution >= 0.6 is 0 Å². The van der Waals surface area contributed by atoms with Crippen molar-refractivity contribution >= 4 is 70.9 Å². The monoisotopic (exact) mass is 1570 g/mol. The van der Waals surface area contributed by atoms with E-state index >= 15 is 47.1 Å². The molecule has 3 N–H and O–H groups in total. The van der Waals surface area contributed by atoms with Gasteiger partial charge in [0.15, 0.2) is 0 Å². The Labute approximate surface area is 640 Å². The van der Waals surface area contributed by atoms with Gasteiger partial charge in [-0.25, -0.2) is 8.78 Å². The van der Waals surface area contributed by atoms with Gasteiger partial charge in [-0.2, -0.15) is 26.3 Å². The summed E-state index contributed by atoms with van der Waals surface area (Å²) in [6.45, 7) is 7.50. The quantitative estimate of drug-likeness (QED) is 0.180. The molecule has 0 radical (unpaired) electrons. The third-order valence-electron chi connectivity index (χ3n) is 24.9. The Bertz CT molecular complexity index is 3250. The van der Waals surface area contributed by atoms with Crippen LogP contribution in [0.3, 0.4) is 0 Å². The van der Waals surface area contributed by atoms with Gasteiger partial charge in [0, 0.05) is 75.1 Å². The van der Waals surface area contributed by atoms with Crippen molar-refractivity contribution in [3.8, 4) is 0 Å². The molecule has 4 saturated carbocycles. The van der Waals surface area contributed by atoms with Gasteiger partial charge in [0.2, 0.25) is 70.9 Å². The Balaban J connectivity index is 1.20. The van der Waals surface area contributed by atoms with E-state index in [1.165, 1.54) is 61.9 Å². The van der Waals surface area contributed by atoms with E-state index in [1.54, 1.807) is 20.8 Å². The Morgan fingerprint density at radius 1 is 0.591 bits per heavy atom. The number of rotatable bonds is 13.